The molecule has 1 N–H and O–H groups in total. The molecule has 0 bridgehead atoms. The lowest BCUT2D eigenvalue weighted by molar-refractivity contribution is -0.120. The zero-order valence-electron chi connectivity index (χ0n) is 18.7. The van der Waals surface area contributed by atoms with Crippen molar-refractivity contribution in [1.29, 1.82) is 0 Å². The number of aromatic nitrogens is 3. The molecule has 0 aliphatic heterocycles. The molecule has 168 valence electrons. The number of nitrogens with zero attached hydrogens (tertiary/aromatic N) is 3. The molecular formula is C25H29ClN4OS. The summed E-state index contributed by atoms with van der Waals surface area (Å²) in [6, 6.07) is 16.0. The Morgan fingerprint density at radius 1 is 1.16 bits per heavy atom. The molecule has 1 aromatic heterocycles. The van der Waals surface area contributed by atoms with Crippen molar-refractivity contribution in [2.75, 3.05) is 5.75 Å². The van der Waals surface area contributed by atoms with Crippen molar-refractivity contribution in [2.24, 2.45) is 11.8 Å². The Kier molecular flexibility index (Phi) is 7.21. The molecule has 0 spiro atoms. The molecule has 1 aliphatic carbocycles. The van der Waals surface area contributed by atoms with E-state index < -0.39 is 0 Å². The van der Waals surface area contributed by atoms with E-state index in [1.165, 1.54) is 24.6 Å². The Morgan fingerprint density at radius 3 is 2.69 bits per heavy atom. The summed E-state index contributed by atoms with van der Waals surface area (Å²) >= 11 is 7.52. The standard InChI is InChI=1S/C25H29ClN4OS/c1-16-6-4-8-19(14-16)24-28-29-25(30(24)21-12-10-20(26)11-13-21)32-15-23(31)27-22-9-5-7-17(2)18(22)3/h4,6,8,10-14,17-18,22H,5,7,9,15H2,1-3H3,(H,27,31)/t17-,18-,22+/m0/s1. The SMILES string of the molecule is Cc1cccc(-c2nnc(SCC(=O)N[C@@H]3CCC[C@H](C)[C@@H]3C)n2-c2ccc(Cl)cc2)c1. The first-order valence-corrected chi connectivity index (χ1v) is 12.5. The van der Waals surface area contributed by atoms with Gasteiger partial charge >= 0.3 is 0 Å². The topological polar surface area (TPSA) is 59.8 Å². The Morgan fingerprint density at radius 2 is 1.94 bits per heavy atom. The van der Waals surface area contributed by atoms with Gasteiger partial charge in [0.1, 0.15) is 0 Å². The maximum absolute atomic E-state index is 12.7. The van der Waals surface area contributed by atoms with E-state index in [0.717, 1.165) is 29.1 Å². The van der Waals surface area contributed by atoms with Crippen LogP contribution in [-0.4, -0.2) is 32.5 Å². The monoisotopic (exact) mass is 468 g/mol. The number of aryl methyl sites for hydroxylation is 1. The Balaban J connectivity index is 1.56. The predicted octanol–water partition coefficient (Wildman–Crippen LogP) is 5.93. The first-order chi connectivity index (χ1) is 15.4. The van der Waals surface area contributed by atoms with E-state index >= 15 is 0 Å². The van der Waals surface area contributed by atoms with E-state index in [4.69, 9.17) is 11.6 Å². The van der Waals surface area contributed by atoms with E-state index in [2.05, 4.69) is 48.4 Å². The highest BCUT2D eigenvalue weighted by Gasteiger charge is 2.28. The van der Waals surface area contributed by atoms with Gasteiger partial charge in [-0.25, -0.2) is 0 Å². The minimum atomic E-state index is 0.0451. The van der Waals surface area contributed by atoms with Crippen LogP contribution in [0, 0.1) is 18.8 Å². The largest absolute Gasteiger partial charge is 0.352 e. The van der Waals surface area contributed by atoms with Crippen LogP contribution in [0.3, 0.4) is 0 Å². The van der Waals surface area contributed by atoms with E-state index in [1.54, 1.807) is 0 Å². The second kappa shape index (κ2) is 10.1. The minimum absolute atomic E-state index is 0.0451. The van der Waals surface area contributed by atoms with Crippen LogP contribution in [-0.2, 0) is 4.79 Å². The van der Waals surface area contributed by atoms with E-state index in [1.807, 2.05) is 41.0 Å². The second-order valence-electron chi connectivity index (χ2n) is 8.72. The number of carbonyl (C=O) groups excluding carboxylic acids is 1. The molecule has 3 aromatic rings. The zero-order chi connectivity index (χ0) is 22.7. The number of benzene rings is 2. The van der Waals surface area contributed by atoms with Crippen molar-refractivity contribution in [3.8, 4) is 17.1 Å². The molecular weight excluding hydrogens is 440 g/mol. The maximum Gasteiger partial charge on any atom is 0.230 e. The molecule has 2 aromatic carbocycles. The van der Waals surface area contributed by atoms with Gasteiger partial charge in [0.2, 0.25) is 5.91 Å². The van der Waals surface area contributed by atoms with Gasteiger partial charge in [-0.15, -0.1) is 10.2 Å². The minimum Gasteiger partial charge on any atom is -0.352 e. The molecule has 0 radical (unpaired) electrons. The zero-order valence-corrected chi connectivity index (χ0v) is 20.3. The van der Waals surface area contributed by atoms with Crippen LogP contribution in [0.25, 0.3) is 17.1 Å². The second-order valence-corrected chi connectivity index (χ2v) is 10.1. The molecule has 3 atom stereocenters. The average molecular weight is 469 g/mol. The van der Waals surface area contributed by atoms with Gasteiger partial charge in [0.05, 0.1) is 5.75 Å². The molecule has 1 amide bonds. The quantitative estimate of drug-likeness (QED) is 0.455. The molecule has 0 saturated heterocycles. The van der Waals surface area contributed by atoms with Crippen molar-refractivity contribution in [3.05, 3.63) is 59.1 Å². The lowest BCUT2D eigenvalue weighted by Gasteiger charge is -2.34. The molecule has 32 heavy (non-hydrogen) atoms. The van der Waals surface area contributed by atoms with Gasteiger partial charge in [0.15, 0.2) is 11.0 Å². The summed E-state index contributed by atoms with van der Waals surface area (Å²) in [5.74, 6) is 2.24. The lowest BCUT2D eigenvalue weighted by Crippen LogP contribution is -2.44. The third-order valence-electron chi connectivity index (χ3n) is 6.38. The van der Waals surface area contributed by atoms with Gasteiger partial charge in [-0.05, 0) is 55.5 Å². The van der Waals surface area contributed by atoms with E-state index in [9.17, 15) is 4.79 Å². The van der Waals surface area contributed by atoms with Gasteiger partial charge in [-0.1, -0.05) is 73.8 Å². The van der Waals surface area contributed by atoms with Crippen molar-refractivity contribution >= 4 is 29.3 Å². The number of halogens is 1. The Hall–Kier alpha value is -2.31. The summed E-state index contributed by atoms with van der Waals surface area (Å²) in [7, 11) is 0. The van der Waals surface area contributed by atoms with E-state index in [0.29, 0.717) is 27.8 Å². The molecule has 5 nitrogen and oxygen atoms in total. The normalized spacial score (nSPS) is 20.8. The van der Waals surface area contributed by atoms with Crippen LogP contribution in [0.4, 0.5) is 0 Å². The highest BCUT2D eigenvalue weighted by molar-refractivity contribution is 7.99. The van der Waals surface area contributed by atoms with Gasteiger partial charge in [-0.2, -0.15) is 0 Å². The smallest absolute Gasteiger partial charge is 0.230 e. The summed E-state index contributed by atoms with van der Waals surface area (Å²) < 4.78 is 1.99. The van der Waals surface area contributed by atoms with E-state index in [-0.39, 0.29) is 11.9 Å². The molecule has 1 aliphatic rings. The number of thioether (sulfide) groups is 1. The Labute approximate surface area is 199 Å². The fraction of sp³-hybridized carbons (Fsp3) is 0.400. The van der Waals surface area contributed by atoms with Gasteiger partial charge < -0.3 is 5.32 Å². The van der Waals surface area contributed by atoms with Gasteiger partial charge in [0.25, 0.3) is 0 Å². The number of carbonyl (C=O) groups is 1. The molecule has 1 heterocycles. The highest BCUT2D eigenvalue weighted by Crippen LogP contribution is 2.31. The number of rotatable bonds is 6. The first-order valence-electron chi connectivity index (χ1n) is 11.1. The molecule has 4 rings (SSSR count). The molecule has 0 unspecified atom stereocenters. The molecule has 7 heteroatoms. The molecule has 1 fully saturated rings. The first kappa shape index (κ1) is 22.9. The van der Waals surface area contributed by atoms with Crippen LogP contribution in [0.15, 0.2) is 53.7 Å². The van der Waals surface area contributed by atoms with Gasteiger partial charge in [-0.3, -0.25) is 9.36 Å². The predicted molar refractivity (Wildman–Crippen MR) is 131 cm³/mol. The van der Waals surface area contributed by atoms with Crippen molar-refractivity contribution in [3.63, 3.8) is 0 Å². The average Bonchev–Trinajstić information content (AvgIpc) is 3.20. The van der Waals surface area contributed by atoms with Crippen molar-refractivity contribution in [1.82, 2.24) is 20.1 Å². The Bertz CT molecular complexity index is 1080. The summed E-state index contributed by atoms with van der Waals surface area (Å²) in [5, 5.41) is 13.5. The summed E-state index contributed by atoms with van der Waals surface area (Å²) in [5.41, 5.74) is 3.04. The number of hydrogen-bond acceptors (Lipinski definition) is 4. The van der Waals surface area contributed by atoms with Crippen LogP contribution >= 0.6 is 23.4 Å². The van der Waals surface area contributed by atoms with Crippen LogP contribution in [0.1, 0.15) is 38.7 Å². The summed E-state index contributed by atoms with van der Waals surface area (Å²) in [4.78, 5) is 12.7. The van der Waals surface area contributed by atoms with Gasteiger partial charge in [0, 0.05) is 22.3 Å². The maximum atomic E-state index is 12.7. The third-order valence-corrected chi connectivity index (χ3v) is 7.56. The van der Waals surface area contributed by atoms with Crippen LogP contribution < -0.4 is 5.32 Å². The number of amides is 1. The number of nitrogens with one attached hydrogen (secondary N) is 1. The highest BCUT2D eigenvalue weighted by atomic mass is 35.5. The van der Waals surface area contributed by atoms with Crippen LogP contribution in [0.5, 0.6) is 0 Å². The van der Waals surface area contributed by atoms with Crippen LogP contribution in [0.2, 0.25) is 5.02 Å². The van der Waals surface area contributed by atoms with Crippen molar-refractivity contribution < 1.29 is 4.79 Å². The lowest BCUT2D eigenvalue weighted by atomic mass is 9.78. The fourth-order valence-corrected chi connectivity index (χ4v) is 5.21. The third kappa shape index (κ3) is 5.18. The fourth-order valence-electron chi connectivity index (χ4n) is 4.32. The molecule has 1 saturated carbocycles. The van der Waals surface area contributed by atoms with Crippen molar-refractivity contribution in [2.45, 2.75) is 51.2 Å². The number of hydrogen-bond donors (Lipinski definition) is 1. The summed E-state index contributed by atoms with van der Waals surface area (Å²) in [6.45, 7) is 6.58. The summed E-state index contributed by atoms with van der Waals surface area (Å²) in [6.07, 6.45) is 3.48.